The maximum absolute atomic E-state index is 5.93. The van der Waals surface area contributed by atoms with Gasteiger partial charge in [0.25, 0.3) is 0 Å². The van der Waals surface area contributed by atoms with Gasteiger partial charge in [0, 0.05) is 50.2 Å². The van der Waals surface area contributed by atoms with Crippen LogP contribution in [0, 0.1) is 0 Å². The summed E-state index contributed by atoms with van der Waals surface area (Å²) in [5.74, 6) is 4.56. The quantitative estimate of drug-likeness (QED) is 0.115. The van der Waals surface area contributed by atoms with E-state index in [1.165, 1.54) is 11.1 Å². The van der Waals surface area contributed by atoms with Gasteiger partial charge >= 0.3 is 0 Å². The van der Waals surface area contributed by atoms with Gasteiger partial charge in [0.15, 0.2) is 11.6 Å². The fourth-order valence-corrected chi connectivity index (χ4v) is 8.71. The summed E-state index contributed by atoms with van der Waals surface area (Å²) in [7, 11) is 0. The fraction of sp³-hybridized carbons (Fsp3) is 0.114. The van der Waals surface area contributed by atoms with Gasteiger partial charge in [-0.15, -0.1) is 40.8 Å². The number of rotatable bonds is 12. The Morgan fingerprint density at radius 3 is 0.829 bits per heavy atom. The van der Waals surface area contributed by atoms with Crippen LogP contribution in [-0.4, -0.2) is 45.4 Å². The molecule has 0 unspecified atom stereocenters. The molecule has 0 spiro atoms. The van der Waals surface area contributed by atoms with E-state index in [9.17, 15) is 0 Å². The minimum Gasteiger partial charge on any atom is -0.416 e. The molecule has 82 heavy (non-hydrogen) atoms. The molecule has 12 nitrogen and oxygen atoms in total. The van der Waals surface area contributed by atoms with Crippen molar-refractivity contribution < 1.29 is 13.3 Å². The van der Waals surface area contributed by atoms with Gasteiger partial charge in [0.1, 0.15) is 0 Å². The molecule has 4 heterocycles. The van der Waals surface area contributed by atoms with Crippen LogP contribution in [0.5, 0.6) is 0 Å². The summed E-state index contributed by atoms with van der Waals surface area (Å²) in [6.45, 7) is 24.6. The standard InChI is InChI=1S/C28H24N4O2.C26H25N3.C16H12N2O/c1-5-18-6-8-19(9-7-18)24-29-30-25(33-24)20-10-12-21(13-11-20)26-31-32-27(34-26)22-14-16-23(17-15-22)28(2,3)4;1-5-19-11-13-20(14-12-19)24-27-28-25(29(24)23-9-7-6-8-10-23)21-15-17-22(18-16-21)26(2,3)4;1-2-12-8-10-14(11-9-12)16-18-17-15(19-16)13-6-4-3-5-7-13/h5-17H,1H2,2-4H3;5-18H,1H2,2-4H3;2-11H,1H2. The molecule has 0 aliphatic carbocycles. The second kappa shape index (κ2) is 24.3. The molecule has 0 saturated heterocycles. The normalized spacial score (nSPS) is 11.2. The van der Waals surface area contributed by atoms with E-state index >= 15 is 0 Å². The van der Waals surface area contributed by atoms with Gasteiger partial charge in [-0.25, -0.2) is 0 Å². The van der Waals surface area contributed by atoms with Crippen LogP contribution in [0.2, 0.25) is 0 Å². The zero-order valence-corrected chi connectivity index (χ0v) is 46.7. The minimum absolute atomic E-state index is 0.0928. The van der Waals surface area contributed by atoms with Gasteiger partial charge in [0.05, 0.1) is 0 Å². The van der Waals surface area contributed by atoms with Crippen LogP contribution in [0.1, 0.15) is 69.4 Å². The molecule has 8 aromatic carbocycles. The summed E-state index contributed by atoms with van der Waals surface area (Å²) < 4.78 is 19.6. The van der Waals surface area contributed by atoms with E-state index in [4.69, 9.17) is 13.3 Å². The number of nitrogens with zero attached hydrogens (tertiary/aromatic N) is 9. The molecule has 0 atom stereocenters. The summed E-state index contributed by atoms with van der Waals surface area (Å²) in [4.78, 5) is 0. The second-order valence-corrected chi connectivity index (χ2v) is 21.3. The molecule has 404 valence electrons. The zero-order chi connectivity index (χ0) is 57.2. The summed E-state index contributed by atoms with van der Waals surface area (Å²) in [6.07, 6.45) is 5.43. The first-order valence-corrected chi connectivity index (χ1v) is 26.8. The number of para-hydroxylation sites is 1. The first-order chi connectivity index (χ1) is 39.7. The lowest BCUT2D eigenvalue weighted by molar-refractivity contribution is 0.581. The fourth-order valence-electron chi connectivity index (χ4n) is 8.71. The van der Waals surface area contributed by atoms with Crippen LogP contribution in [0.25, 0.3) is 115 Å². The maximum Gasteiger partial charge on any atom is 0.248 e. The Hall–Kier alpha value is -10.5. The zero-order valence-electron chi connectivity index (χ0n) is 46.7. The highest BCUT2D eigenvalue weighted by Gasteiger charge is 2.20. The molecule has 0 aliphatic rings. The average molecular weight is 1080 g/mol. The molecule has 0 fully saturated rings. The van der Waals surface area contributed by atoms with E-state index in [0.717, 1.165) is 78.5 Å². The highest BCUT2D eigenvalue weighted by atomic mass is 16.4. The Morgan fingerprint density at radius 1 is 0.293 bits per heavy atom. The maximum atomic E-state index is 5.93. The molecule has 12 aromatic rings. The minimum atomic E-state index is 0.0928. The van der Waals surface area contributed by atoms with Crippen molar-refractivity contribution in [1.82, 2.24) is 45.4 Å². The van der Waals surface area contributed by atoms with E-state index in [2.05, 4.69) is 167 Å². The third-order valence-corrected chi connectivity index (χ3v) is 13.6. The predicted molar refractivity (Wildman–Crippen MR) is 329 cm³/mol. The Kier molecular flexibility index (Phi) is 16.2. The first-order valence-electron chi connectivity index (χ1n) is 26.8. The molecule has 0 saturated carbocycles. The summed E-state index contributed by atoms with van der Waals surface area (Å²) in [5.41, 5.74) is 14.2. The third-order valence-electron chi connectivity index (χ3n) is 13.6. The largest absolute Gasteiger partial charge is 0.416 e. The number of benzene rings is 8. The number of hydrogen-bond donors (Lipinski definition) is 0. The molecule has 0 amide bonds. The predicted octanol–water partition coefficient (Wildman–Crippen LogP) is 17.6. The van der Waals surface area contributed by atoms with Crippen molar-refractivity contribution in [2.24, 2.45) is 0 Å². The molecule has 0 aliphatic heterocycles. The van der Waals surface area contributed by atoms with Crippen molar-refractivity contribution in [3.63, 3.8) is 0 Å². The topological polar surface area (TPSA) is 147 Å². The number of aromatic nitrogens is 9. The lowest BCUT2D eigenvalue weighted by Crippen LogP contribution is -2.10. The number of hydrogen-bond acceptors (Lipinski definition) is 11. The highest BCUT2D eigenvalue weighted by molar-refractivity contribution is 5.69. The Bertz CT molecular complexity index is 4050. The SMILES string of the molecule is C=Cc1ccc(-c2nnc(-c3ccc(-c4nnc(-c5ccc(C(C)(C)C)cc5)o4)cc3)o2)cc1.C=Cc1ccc(-c2nnc(-c3ccc(C(C)(C)C)cc3)n2-c2ccccc2)cc1.C=Cc1ccc(-c2nnc(-c3ccccc3)o2)cc1. The van der Waals surface area contributed by atoms with E-state index < -0.39 is 0 Å². The molecule has 0 bridgehead atoms. The van der Waals surface area contributed by atoms with Gasteiger partial charge in [-0.2, -0.15) is 0 Å². The van der Waals surface area contributed by atoms with Crippen LogP contribution in [0.4, 0.5) is 0 Å². The van der Waals surface area contributed by atoms with Crippen LogP contribution < -0.4 is 0 Å². The van der Waals surface area contributed by atoms with Crippen LogP contribution >= 0.6 is 0 Å². The van der Waals surface area contributed by atoms with E-state index in [0.29, 0.717) is 35.3 Å². The molecule has 4 aromatic heterocycles. The van der Waals surface area contributed by atoms with Crippen LogP contribution in [-0.2, 0) is 10.8 Å². The lowest BCUT2D eigenvalue weighted by Gasteiger charge is -2.19. The first kappa shape index (κ1) is 54.9. The van der Waals surface area contributed by atoms with Gasteiger partial charge in [0.2, 0.25) is 35.3 Å². The highest BCUT2D eigenvalue weighted by Crippen LogP contribution is 2.33. The van der Waals surface area contributed by atoms with Crippen molar-refractivity contribution >= 4 is 18.2 Å². The Labute approximate surface area is 478 Å². The van der Waals surface area contributed by atoms with Gasteiger partial charge in [-0.1, -0.05) is 201 Å². The van der Waals surface area contributed by atoms with Crippen molar-refractivity contribution in [2.75, 3.05) is 0 Å². The molecule has 0 N–H and O–H groups in total. The lowest BCUT2D eigenvalue weighted by atomic mass is 9.86. The van der Waals surface area contributed by atoms with Crippen molar-refractivity contribution in [1.29, 1.82) is 0 Å². The van der Waals surface area contributed by atoms with Crippen LogP contribution in [0.15, 0.2) is 239 Å². The molecular weight excluding hydrogens is 1010 g/mol. The molecule has 12 rings (SSSR count). The van der Waals surface area contributed by atoms with E-state index in [1.807, 2.05) is 152 Å². The summed E-state index contributed by atoms with van der Waals surface area (Å²) in [6, 6.07) is 68.2. The van der Waals surface area contributed by atoms with Crippen molar-refractivity contribution in [3.05, 3.63) is 254 Å². The Balaban J connectivity index is 0.000000143. The molecule has 12 heteroatoms. The van der Waals surface area contributed by atoms with Gasteiger partial charge in [-0.05, 0) is 124 Å². The Morgan fingerprint density at radius 2 is 0.537 bits per heavy atom. The van der Waals surface area contributed by atoms with E-state index in [1.54, 1.807) is 12.2 Å². The summed E-state index contributed by atoms with van der Waals surface area (Å²) in [5, 5.41) is 34.1. The smallest absolute Gasteiger partial charge is 0.248 e. The third kappa shape index (κ3) is 12.8. The second-order valence-electron chi connectivity index (χ2n) is 21.3. The average Bonchev–Trinajstić information content (AvgIpc) is 4.28. The van der Waals surface area contributed by atoms with E-state index in [-0.39, 0.29) is 10.8 Å². The van der Waals surface area contributed by atoms with Gasteiger partial charge < -0.3 is 13.3 Å². The van der Waals surface area contributed by atoms with Crippen LogP contribution in [0.3, 0.4) is 0 Å². The van der Waals surface area contributed by atoms with Gasteiger partial charge in [-0.3, -0.25) is 4.57 Å². The molecule has 0 radical (unpaired) electrons. The van der Waals surface area contributed by atoms with Crippen molar-refractivity contribution in [2.45, 2.75) is 52.4 Å². The molecular formula is C70H61N9O3. The van der Waals surface area contributed by atoms with Crippen molar-refractivity contribution in [3.8, 4) is 97.2 Å². The summed E-state index contributed by atoms with van der Waals surface area (Å²) >= 11 is 0. The monoisotopic (exact) mass is 1080 g/mol.